The predicted molar refractivity (Wildman–Crippen MR) is 76.7 cm³/mol. The Bertz CT molecular complexity index is 481. The van der Waals surface area contributed by atoms with Gasteiger partial charge in [-0.1, -0.05) is 30.3 Å². The van der Waals surface area contributed by atoms with Crippen LogP contribution in [-0.2, 0) is 20.8 Å². The molecule has 0 saturated carbocycles. The van der Waals surface area contributed by atoms with Crippen molar-refractivity contribution in [3.63, 3.8) is 0 Å². The first-order valence-electron chi connectivity index (χ1n) is 7.00. The molecule has 0 fully saturated rings. The number of rotatable bonds is 10. The molecular weight excluding hydrogens is 308 g/mol. The molecule has 23 heavy (non-hydrogen) atoms. The van der Waals surface area contributed by atoms with E-state index in [1.165, 1.54) is 0 Å². The summed E-state index contributed by atoms with van der Waals surface area (Å²) in [5, 5.41) is 27.6. The van der Waals surface area contributed by atoms with Crippen molar-refractivity contribution in [1.82, 2.24) is 10.7 Å². The first-order chi connectivity index (χ1) is 11.0. The maximum absolute atomic E-state index is 11.6. The van der Waals surface area contributed by atoms with E-state index < -0.39 is 23.5 Å². The number of unbranched alkanes of at least 4 members (excludes halogenated alkanes) is 1. The van der Waals surface area contributed by atoms with Crippen molar-refractivity contribution in [2.24, 2.45) is 0 Å². The molecule has 128 valence electrons. The standard InChI is InChI=1S/C14H20N2O7/c17-13(18)12(10-11-6-2-1-3-7-11)15-14(19)22-8-4-5-9-23-16(20)21/h1-3,6-7,12,20-21H,4-5,8-10H2,(H,15,19)(H,17,18). The summed E-state index contributed by atoms with van der Waals surface area (Å²) in [5.41, 5.74) is 0.787. The number of hydrogen-bond donors (Lipinski definition) is 4. The number of carbonyl (C=O) groups is 2. The number of benzene rings is 1. The van der Waals surface area contributed by atoms with Gasteiger partial charge in [0, 0.05) is 6.42 Å². The van der Waals surface area contributed by atoms with Crippen molar-refractivity contribution in [3.05, 3.63) is 35.9 Å². The van der Waals surface area contributed by atoms with E-state index in [1.54, 1.807) is 24.3 Å². The summed E-state index contributed by atoms with van der Waals surface area (Å²) in [7, 11) is 0. The molecule has 0 aliphatic carbocycles. The average Bonchev–Trinajstić information content (AvgIpc) is 2.50. The molecule has 9 heteroatoms. The number of amides is 1. The fourth-order valence-corrected chi connectivity index (χ4v) is 1.75. The number of hydrogen-bond acceptors (Lipinski definition) is 7. The van der Waals surface area contributed by atoms with E-state index in [0.717, 1.165) is 5.56 Å². The molecule has 1 unspecified atom stereocenters. The molecule has 9 nitrogen and oxygen atoms in total. The highest BCUT2D eigenvalue weighted by Gasteiger charge is 2.20. The quantitative estimate of drug-likeness (QED) is 0.372. The third-order valence-electron chi connectivity index (χ3n) is 2.85. The van der Waals surface area contributed by atoms with Gasteiger partial charge in [0.05, 0.1) is 18.6 Å². The van der Waals surface area contributed by atoms with E-state index in [1.807, 2.05) is 6.07 Å². The van der Waals surface area contributed by atoms with Crippen LogP contribution in [0.2, 0.25) is 0 Å². The number of carboxylic acid groups (broad SMARTS) is 1. The zero-order valence-corrected chi connectivity index (χ0v) is 12.4. The van der Waals surface area contributed by atoms with Gasteiger partial charge in [0.2, 0.25) is 0 Å². The molecule has 1 atom stereocenters. The Hall–Kier alpha value is -2.20. The molecule has 1 rings (SSSR count). The maximum atomic E-state index is 11.6. The molecule has 0 bridgehead atoms. The second-order valence-corrected chi connectivity index (χ2v) is 4.65. The Morgan fingerprint density at radius 3 is 2.39 bits per heavy atom. The normalized spacial score (nSPS) is 12.0. The van der Waals surface area contributed by atoms with E-state index >= 15 is 0 Å². The summed E-state index contributed by atoms with van der Waals surface area (Å²) in [6, 6.07) is 7.86. The number of nitrogens with one attached hydrogen (secondary N) is 1. The van der Waals surface area contributed by atoms with Crippen molar-refractivity contribution in [2.75, 3.05) is 13.2 Å². The summed E-state index contributed by atoms with van der Waals surface area (Å²) in [4.78, 5) is 27.1. The second-order valence-electron chi connectivity index (χ2n) is 4.65. The van der Waals surface area contributed by atoms with Crippen LogP contribution in [0.25, 0.3) is 0 Å². The number of aliphatic carboxylic acids is 1. The minimum atomic E-state index is -1.15. The van der Waals surface area contributed by atoms with Crippen molar-refractivity contribution in [3.8, 4) is 0 Å². The number of carboxylic acids is 1. The number of ether oxygens (including phenoxy) is 1. The molecule has 0 aliphatic rings. The number of alkyl carbamates (subject to hydrolysis) is 1. The SMILES string of the molecule is O=C(NC(Cc1ccccc1)C(=O)O)OCCCCON(O)O. The highest BCUT2D eigenvalue weighted by molar-refractivity contribution is 5.80. The molecule has 0 aliphatic heterocycles. The molecule has 1 amide bonds. The molecule has 0 heterocycles. The van der Waals surface area contributed by atoms with Crippen LogP contribution in [0.1, 0.15) is 18.4 Å². The van der Waals surface area contributed by atoms with Crippen molar-refractivity contribution < 1.29 is 34.7 Å². The topological polar surface area (TPSA) is 129 Å². The molecule has 0 aromatic heterocycles. The lowest BCUT2D eigenvalue weighted by molar-refractivity contribution is -0.492. The van der Waals surface area contributed by atoms with Gasteiger partial charge in [-0.25, -0.2) is 9.59 Å². The average molecular weight is 328 g/mol. The third-order valence-corrected chi connectivity index (χ3v) is 2.85. The Kier molecular flexibility index (Phi) is 8.62. The van der Waals surface area contributed by atoms with Crippen LogP contribution in [0.5, 0.6) is 0 Å². The van der Waals surface area contributed by atoms with Gasteiger partial charge in [-0.3, -0.25) is 15.3 Å². The van der Waals surface area contributed by atoms with Crippen molar-refractivity contribution in [2.45, 2.75) is 25.3 Å². The molecule has 4 N–H and O–H groups in total. The molecule has 1 aromatic rings. The van der Waals surface area contributed by atoms with E-state index in [-0.39, 0.29) is 19.6 Å². The van der Waals surface area contributed by atoms with E-state index in [4.69, 9.17) is 20.3 Å². The zero-order valence-electron chi connectivity index (χ0n) is 12.4. The van der Waals surface area contributed by atoms with Gasteiger partial charge < -0.3 is 15.2 Å². The summed E-state index contributed by atoms with van der Waals surface area (Å²) < 4.78 is 4.86. The minimum Gasteiger partial charge on any atom is -0.480 e. The van der Waals surface area contributed by atoms with Gasteiger partial charge in [0.15, 0.2) is 0 Å². The molecule has 0 radical (unpaired) electrons. The van der Waals surface area contributed by atoms with E-state index in [2.05, 4.69) is 10.2 Å². The third kappa shape index (κ3) is 8.73. The number of carbonyl (C=O) groups excluding carboxylic acids is 1. The fraction of sp³-hybridized carbons (Fsp3) is 0.429. The Balaban J connectivity index is 2.28. The lowest BCUT2D eigenvalue weighted by Crippen LogP contribution is -2.42. The summed E-state index contributed by atoms with van der Waals surface area (Å²) in [6.07, 6.45) is 0.192. The molecule has 0 saturated heterocycles. The summed E-state index contributed by atoms with van der Waals surface area (Å²) >= 11 is 0. The highest BCUT2D eigenvalue weighted by atomic mass is 17.1. The van der Waals surface area contributed by atoms with Gasteiger partial charge in [-0.15, -0.1) is 0 Å². The van der Waals surface area contributed by atoms with Crippen molar-refractivity contribution in [1.29, 1.82) is 0 Å². The van der Waals surface area contributed by atoms with Crippen LogP contribution in [0.3, 0.4) is 0 Å². The first-order valence-corrected chi connectivity index (χ1v) is 7.00. The van der Waals surface area contributed by atoms with Crippen LogP contribution in [0, 0.1) is 0 Å². The van der Waals surface area contributed by atoms with Gasteiger partial charge in [0.1, 0.15) is 6.04 Å². The zero-order chi connectivity index (χ0) is 17.1. The van der Waals surface area contributed by atoms with Crippen LogP contribution >= 0.6 is 0 Å². The van der Waals surface area contributed by atoms with Crippen LogP contribution in [0.15, 0.2) is 30.3 Å². The Labute approximate surface area is 132 Å². The van der Waals surface area contributed by atoms with Gasteiger partial charge in [0.25, 0.3) is 0 Å². The lowest BCUT2D eigenvalue weighted by Gasteiger charge is -2.14. The summed E-state index contributed by atoms with van der Waals surface area (Å²) in [6.45, 7) is 0.105. The fourth-order valence-electron chi connectivity index (χ4n) is 1.75. The highest BCUT2D eigenvalue weighted by Crippen LogP contribution is 2.04. The van der Waals surface area contributed by atoms with E-state index in [9.17, 15) is 9.59 Å². The molecular formula is C14H20N2O7. The van der Waals surface area contributed by atoms with Crippen LogP contribution in [-0.4, -0.2) is 52.2 Å². The molecule has 1 aromatic carbocycles. The smallest absolute Gasteiger partial charge is 0.407 e. The van der Waals surface area contributed by atoms with Gasteiger partial charge in [-0.2, -0.15) is 0 Å². The van der Waals surface area contributed by atoms with Crippen molar-refractivity contribution >= 4 is 12.1 Å². The summed E-state index contributed by atoms with van der Waals surface area (Å²) in [5.74, 6) is -1.15. The van der Waals surface area contributed by atoms with Crippen LogP contribution < -0.4 is 5.32 Å². The number of nitrogens with zero attached hydrogens (tertiary/aromatic N) is 1. The predicted octanol–water partition coefficient (Wildman–Crippen LogP) is 1.20. The minimum absolute atomic E-state index is 0.0454. The second kappa shape index (κ2) is 10.5. The largest absolute Gasteiger partial charge is 0.480 e. The van der Waals surface area contributed by atoms with Gasteiger partial charge >= 0.3 is 12.1 Å². The van der Waals surface area contributed by atoms with E-state index in [0.29, 0.717) is 12.8 Å². The monoisotopic (exact) mass is 328 g/mol. The first kappa shape index (κ1) is 18.8. The maximum Gasteiger partial charge on any atom is 0.407 e. The lowest BCUT2D eigenvalue weighted by atomic mass is 10.1. The van der Waals surface area contributed by atoms with Crippen LogP contribution in [0.4, 0.5) is 4.79 Å². The molecule has 0 spiro atoms. The van der Waals surface area contributed by atoms with Gasteiger partial charge in [-0.05, 0) is 18.4 Å². The Morgan fingerprint density at radius 2 is 1.78 bits per heavy atom. The Morgan fingerprint density at radius 1 is 1.13 bits per heavy atom.